The van der Waals surface area contributed by atoms with Crippen molar-refractivity contribution in [3.05, 3.63) is 29.7 Å². The first-order valence-corrected chi connectivity index (χ1v) is 9.07. The van der Waals surface area contributed by atoms with E-state index < -0.39 is 5.97 Å². The van der Waals surface area contributed by atoms with Gasteiger partial charge in [-0.05, 0) is 56.3 Å². The molecule has 0 saturated heterocycles. The second kappa shape index (κ2) is 5.41. The molecule has 7 heteroatoms. The maximum atomic E-state index is 11.5. The zero-order valence-electron chi connectivity index (χ0n) is 14.4. The second-order valence-corrected chi connectivity index (χ2v) is 8.12. The Labute approximate surface area is 145 Å². The molecule has 6 rings (SSSR count). The molecule has 25 heavy (non-hydrogen) atoms. The summed E-state index contributed by atoms with van der Waals surface area (Å²) < 4.78 is 11.8. The monoisotopic (exact) mass is 342 g/mol. The third-order valence-corrected chi connectivity index (χ3v) is 6.36. The second-order valence-electron chi connectivity index (χ2n) is 8.12. The standard InChI is InChI=1S/C18H22N4O3/c1-24-17(23)14-10-25-16(19-14)9-22-8-15(20-21-22)18-5-11-2-12(6-18)4-13(3-11)7-18/h8,10-13H,2-7,9H2,1H3. The van der Waals surface area contributed by atoms with Crippen LogP contribution in [0, 0.1) is 17.8 Å². The van der Waals surface area contributed by atoms with Gasteiger partial charge in [-0.1, -0.05) is 5.21 Å². The molecule has 132 valence electrons. The van der Waals surface area contributed by atoms with Gasteiger partial charge in [0.1, 0.15) is 12.8 Å². The minimum atomic E-state index is -0.497. The molecular formula is C18H22N4O3. The van der Waals surface area contributed by atoms with Crippen molar-refractivity contribution in [1.29, 1.82) is 0 Å². The van der Waals surface area contributed by atoms with Gasteiger partial charge in [0.2, 0.25) is 5.89 Å². The van der Waals surface area contributed by atoms with Crippen molar-refractivity contribution in [1.82, 2.24) is 20.0 Å². The van der Waals surface area contributed by atoms with Crippen LogP contribution in [-0.4, -0.2) is 33.1 Å². The molecule has 4 bridgehead atoms. The Bertz CT molecular complexity index is 774. The Morgan fingerprint density at radius 2 is 1.96 bits per heavy atom. The third-order valence-electron chi connectivity index (χ3n) is 6.36. The molecule has 4 fully saturated rings. The number of oxazole rings is 1. The summed E-state index contributed by atoms with van der Waals surface area (Å²) in [4.78, 5) is 15.6. The summed E-state index contributed by atoms with van der Waals surface area (Å²) in [5.41, 5.74) is 1.55. The summed E-state index contributed by atoms with van der Waals surface area (Å²) in [6.07, 6.45) is 11.4. The summed E-state index contributed by atoms with van der Waals surface area (Å²) in [6, 6.07) is 0. The Balaban J connectivity index is 1.35. The topological polar surface area (TPSA) is 83.0 Å². The van der Waals surface area contributed by atoms with Crippen molar-refractivity contribution in [3.63, 3.8) is 0 Å². The van der Waals surface area contributed by atoms with Gasteiger partial charge in [-0.2, -0.15) is 0 Å². The highest BCUT2D eigenvalue weighted by Crippen LogP contribution is 2.60. The lowest BCUT2D eigenvalue weighted by atomic mass is 9.49. The zero-order valence-corrected chi connectivity index (χ0v) is 14.4. The Morgan fingerprint density at radius 1 is 1.28 bits per heavy atom. The normalized spacial score (nSPS) is 32.9. The van der Waals surface area contributed by atoms with Gasteiger partial charge >= 0.3 is 5.97 Å². The van der Waals surface area contributed by atoms with E-state index in [0.29, 0.717) is 12.4 Å². The number of esters is 1. The number of hydrogen-bond acceptors (Lipinski definition) is 6. The Kier molecular flexibility index (Phi) is 3.27. The van der Waals surface area contributed by atoms with Crippen LogP contribution in [0.15, 0.2) is 16.9 Å². The van der Waals surface area contributed by atoms with E-state index >= 15 is 0 Å². The van der Waals surface area contributed by atoms with Crippen molar-refractivity contribution in [2.75, 3.05) is 7.11 Å². The average Bonchev–Trinajstić information content (AvgIpc) is 3.23. The lowest BCUT2D eigenvalue weighted by molar-refractivity contribution is -0.00725. The molecule has 0 atom stereocenters. The molecule has 2 aromatic rings. The molecule has 0 amide bonds. The van der Waals surface area contributed by atoms with Gasteiger partial charge in [0, 0.05) is 11.6 Å². The van der Waals surface area contributed by atoms with Crippen LogP contribution in [0.5, 0.6) is 0 Å². The maximum absolute atomic E-state index is 11.5. The number of carbonyl (C=O) groups is 1. The highest BCUT2D eigenvalue weighted by atomic mass is 16.5. The van der Waals surface area contributed by atoms with Gasteiger partial charge in [-0.3, -0.25) is 0 Å². The first kappa shape index (κ1) is 15.1. The third kappa shape index (κ3) is 2.48. The molecule has 7 nitrogen and oxygen atoms in total. The van der Waals surface area contributed by atoms with Crippen LogP contribution in [0.4, 0.5) is 0 Å². The van der Waals surface area contributed by atoms with Crippen molar-refractivity contribution < 1.29 is 13.9 Å². The SMILES string of the molecule is COC(=O)c1coc(Cn2cc(C34CC5CC(CC(C5)C3)C4)nn2)n1. The predicted molar refractivity (Wildman–Crippen MR) is 86.8 cm³/mol. The van der Waals surface area contributed by atoms with Crippen molar-refractivity contribution in [3.8, 4) is 0 Å². The van der Waals surface area contributed by atoms with E-state index in [2.05, 4.69) is 26.2 Å². The van der Waals surface area contributed by atoms with E-state index in [9.17, 15) is 4.79 Å². The summed E-state index contributed by atoms with van der Waals surface area (Å²) in [5, 5.41) is 8.81. The fourth-order valence-corrected chi connectivity index (χ4v) is 5.76. The molecule has 0 aromatic carbocycles. The number of methoxy groups -OCH3 is 1. The number of hydrogen-bond donors (Lipinski definition) is 0. The fraction of sp³-hybridized carbons (Fsp3) is 0.667. The number of aromatic nitrogens is 4. The summed E-state index contributed by atoms with van der Waals surface area (Å²) in [7, 11) is 1.33. The van der Waals surface area contributed by atoms with Crippen LogP contribution < -0.4 is 0 Å². The largest absolute Gasteiger partial charge is 0.464 e. The van der Waals surface area contributed by atoms with Crippen LogP contribution in [0.1, 0.15) is 60.6 Å². The van der Waals surface area contributed by atoms with Crippen LogP contribution in [0.25, 0.3) is 0 Å². The van der Waals surface area contributed by atoms with Crippen molar-refractivity contribution in [2.45, 2.75) is 50.5 Å². The van der Waals surface area contributed by atoms with E-state index in [1.54, 1.807) is 4.68 Å². The van der Waals surface area contributed by atoms with E-state index in [-0.39, 0.29) is 11.1 Å². The van der Waals surface area contributed by atoms with E-state index in [1.165, 1.54) is 51.9 Å². The van der Waals surface area contributed by atoms with Gasteiger partial charge in [0.25, 0.3) is 0 Å². The number of carbonyl (C=O) groups excluding carboxylic acids is 1. The van der Waals surface area contributed by atoms with Crippen molar-refractivity contribution >= 4 is 5.97 Å². The van der Waals surface area contributed by atoms with Crippen LogP contribution in [0.3, 0.4) is 0 Å². The molecule has 0 aliphatic heterocycles. The van der Waals surface area contributed by atoms with E-state index in [1.807, 2.05) is 0 Å². The molecule has 0 N–H and O–H groups in total. The molecule has 0 unspecified atom stereocenters. The van der Waals surface area contributed by atoms with Crippen LogP contribution >= 0.6 is 0 Å². The van der Waals surface area contributed by atoms with Gasteiger partial charge < -0.3 is 9.15 Å². The Morgan fingerprint density at radius 3 is 2.60 bits per heavy atom. The minimum absolute atomic E-state index is 0.180. The Hall–Kier alpha value is -2.18. The summed E-state index contributed by atoms with van der Waals surface area (Å²) in [5.74, 6) is 2.58. The van der Waals surface area contributed by atoms with E-state index in [0.717, 1.165) is 23.4 Å². The van der Waals surface area contributed by atoms with Gasteiger partial charge in [0.15, 0.2) is 5.69 Å². The molecule has 2 heterocycles. The van der Waals surface area contributed by atoms with Gasteiger partial charge in [0.05, 0.1) is 12.8 Å². The highest BCUT2D eigenvalue weighted by molar-refractivity contribution is 5.86. The average molecular weight is 342 g/mol. The minimum Gasteiger partial charge on any atom is -0.464 e. The van der Waals surface area contributed by atoms with E-state index in [4.69, 9.17) is 4.42 Å². The molecule has 2 aromatic heterocycles. The zero-order chi connectivity index (χ0) is 17.0. The molecular weight excluding hydrogens is 320 g/mol. The van der Waals surface area contributed by atoms with Crippen molar-refractivity contribution in [2.24, 2.45) is 17.8 Å². The highest BCUT2D eigenvalue weighted by Gasteiger charge is 2.52. The first-order chi connectivity index (χ1) is 12.1. The lowest BCUT2D eigenvalue weighted by Crippen LogP contribution is -2.48. The molecule has 0 radical (unpaired) electrons. The molecule has 0 spiro atoms. The quantitative estimate of drug-likeness (QED) is 0.794. The van der Waals surface area contributed by atoms with Crippen LogP contribution in [-0.2, 0) is 16.7 Å². The fourth-order valence-electron chi connectivity index (χ4n) is 5.76. The van der Waals surface area contributed by atoms with Crippen LogP contribution in [0.2, 0.25) is 0 Å². The summed E-state index contributed by atoms with van der Waals surface area (Å²) >= 11 is 0. The number of ether oxygens (including phenoxy) is 1. The molecule has 4 saturated carbocycles. The molecule has 4 aliphatic rings. The summed E-state index contributed by atoms with van der Waals surface area (Å²) in [6.45, 7) is 0.371. The maximum Gasteiger partial charge on any atom is 0.360 e. The molecule has 4 aliphatic carbocycles. The van der Waals surface area contributed by atoms with Gasteiger partial charge in [-0.25, -0.2) is 14.5 Å². The first-order valence-electron chi connectivity index (χ1n) is 9.07. The lowest BCUT2D eigenvalue weighted by Gasteiger charge is -2.56. The predicted octanol–water partition coefficient (Wildman–Crippen LogP) is 2.57. The smallest absolute Gasteiger partial charge is 0.360 e. The number of rotatable bonds is 4. The number of nitrogens with zero attached hydrogens (tertiary/aromatic N) is 4. The van der Waals surface area contributed by atoms with Gasteiger partial charge in [-0.15, -0.1) is 5.10 Å².